The second-order valence-corrected chi connectivity index (χ2v) is 7.34. The first-order valence-electron chi connectivity index (χ1n) is 9.81. The third-order valence-corrected chi connectivity index (χ3v) is 5.35. The summed E-state index contributed by atoms with van der Waals surface area (Å²) in [4.78, 5) is 33.2. The van der Waals surface area contributed by atoms with Crippen LogP contribution in [0.25, 0.3) is 10.9 Å². The van der Waals surface area contributed by atoms with Crippen molar-refractivity contribution in [3.8, 4) is 0 Å². The SMILES string of the molecule is Cc1ccc(N2CCN(c3nc4ccccc4c(=O)n3CCC(=O)O)CC2)cc1. The number of benzene rings is 2. The fourth-order valence-electron chi connectivity index (χ4n) is 3.73. The van der Waals surface area contributed by atoms with Crippen LogP contribution >= 0.6 is 0 Å². The molecular weight excluding hydrogens is 368 g/mol. The number of hydrogen-bond donors (Lipinski definition) is 1. The van der Waals surface area contributed by atoms with Gasteiger partial charge < -0.3 is 14.9 Å². The third kappa shape index (κ3) is 3.94. The lowest BCUT2D eigenvalue weighted by Crippen LogP contribution is -2.48. The van der Waals surface area contributed by atoms with E-state index in [0.29, 0.717) is 29.9 Å². The van der Waals surface area contributed by atoms with E-state index in [0.717, 1.165) is 13.1 Å². The molecule has 0 atom stereocenters. The number of carboxylic acids is 1. The van der Waals surface area contributed by atoms with Crippen LogP contribution in [0.2, 0.25) is 0 Å². The van der Waals surface area contributed by atoms with Gasteiger partial charge in [0.05, 0.1) is 17.3 Å². The normalized spacial score (nSPS) is 14.4. The zero-order valence-corrected chi connectivity index (χ0v) is 16.4. The Labute approximate surface area is 168 Å². The summed E-state index contributed by atoms with van der Waals surface area (Å²) >= 11 is 0. The minimum atomic E-state index is -0.930. The number of hydrogen-bond acceptors (Lipinski definition) is 5. The van der Waals surface area contributed by atoms with Gasteiger partial charge in [-0.1, -0.05) is 29.8 Å². The highest BCUT2D eigenvalue weighted by Crippen LogP contribution is 2.21. The molecule has 1 aliphatic heterocycles. The molecule has 1 N–H and O–H groups in total. The molecule has 29 heavy (non-hydrogen) atoms. The molecule has 4 rings (SSSR count). The van der Waals surface area contributed by atoms with Crippen molar-refractivity contribution in [3.63, 3.8) is 0 Å². The quantitative estimate of drug-likeness (QED) is 0.719. The Hall–Kier alpha value is -3.35. The summed E-state index contributed by atoms with van der Waals surface area (Å²) in [5.74, 6) is -0.376. The maximum Gasteiger partial charge on any atom is 0.305 e. The molecule has 1 fully saturated rings. The lowest BCUT2D eigenvalue weighted by atomic mass is 10.2. The van der Waals surface area contributed by atoms with Crippen LogP contribution in [0.4, 0.5) is 11.6 Å². The molecule has 0 bridgehead atoms. The topological polar surface area (TPSA) is 78.7 Å². The first-order valence-corrected chi connectivity index (χ1v) is 9.81. The number of carboxylic acid groups (broad SMARTS) is 1. The molecule has 3 aromatic rings. The minimum Gasteiger partial charge on any atom is -0.481 e. The summed E-state index contributed by atoms with van der Waals surface area (Å²) in [6, 6.07) is 15.7. The molecule has 0 radical (unpaired) electrons. The monoisotopic (exact) mass is 392 g/mol. The number of carbonyl (C=O) groups is 1. The molecule has 0 spiro atoms. The average molecular weight is 392 g/mol. The molecule has 2 aromatic carbocycles. The van der Waals surface area contributed by atoms with Gasteiger partial charge >= 0.3 is 5.97 Å². The van der Waals surface area contributed by atoms with E-state index in [4.69, 9.17) is 10.1 Å². The summed E-state index contributed by atoms with van der Waals surface area (Å²) in [7, 11) is 0. The fraction of sp³-hybridized carbons (Fsp3) is 0.318. The molecule has 1 aliphatic rings. The Balaban J connectivity index is 1.62. The third-order valence-electron chi connectivity index (χ3n) is 5.35. The summed E-state index contributed by atoms with van der Waals surface area (Å²) in [5.41, 5.74) is 2.87. The van der Waals surface area contributed by atoms with Gasteiger partial charge in [0.25, 0.3) is 5.56 Å². The highest BCUT2D eigenvalue weighted by atomic mass is 16.4. The molecule has 1 saturated heterocycles. The number of fused-ring (bicyclic) bond motifs is 1. The lowest BCUT2D eigenvalue weighted by Gasteiger charge is -2.37. The van der Waals surface area contributed by atoms with E-state index in [-0.39, 0.29) is 18.5 Å². The van der Waals surface area contributed by atoms with Crippen molar-refractivity contribution < 1.29 is 9.90 Å². The number of rotatable bonds is 5. The zero-order valence-electron chi connectivity index (χ0n) is 16.4. The second-order valence-electron chi connectivity index (χ2n) is 7.34. The Kier molecular flexibility index (Phi) is 5.20. The Morgan fingerprint density at radius 1 is 1.00 bits per heavy atom. The lowest BCUT2D eigenvalue weighted by molar-refractivity contribution is -0.137. The van der Waals surface area contributed by atoms with E-state index in [1.54, 1.807) is 12.1 Å². The molecule has 7 nitrogen and oxygen atoms in total. The van der Waals surface area contributed by atoms with Gasteiger partial charge in [-0.3, -0.25) is 14.2 Å². The van der Waals surface area contributed by atoms with Crippen LogP contribution < -0.4 is 15.4 Å². The number of piperazine rings is 1. The molecule has 7 heteroatoms. The molecule has 0 amide bonds. The smallest absolute Gasteiger partial charge is 0.305 e. The van der Waals surface area contributed by atoms with Gasteiger partial charge in [-0.05, 0) is 31.2 Å². The molecule has 0 saturated carbocycles. The van der Waals surface area contributed by atoms with Crippen molar-refractivity contribution in [3.05, 3.63) is 64.4 Å². The standard InChI is InChI=1S/C22H24N4O3/c1-16-6-8-17(9-7-16)24-12-14-25(15-13-24)22-23-19-5-3-2-4-18(19)21(29)26(22)11-10-20(27)28/h2-9H,10-15H2,1H3,(H,27,28). The molecule has 1 aromatic heterocycles. The van der Waals surface area contributed by atoms with Crippen LogP contribution in [0.1, 0.15) is 12.0 Å². The number of anilines is 2. The predicted octanol–water partition coefficient (Wildman–Crippen LogP) is 2.51. The van der Waals surface area contributed by atoms with E-state index in [9.17, 15) is 9.59 Å². The zero-order chi connectivity index (χ0) is 20.4. The second kappa shape index (κ2) is 7.95. The van der Waals surface area contributed by atoms with Gasteiger partial charge in [-0.2, -0.15) is 0 Å². The van der Waals surface area contributed by atoms with Gasteiger partial charge in [0, 0.05) is 38.4 Å². The molecule has 150 valence electrons. The van der Waals surface area contributed by atoms with Crippen molar-refractivity contribution in [2.24, 2.45) is 0 Å². The Bertz CT molecular complexity index is 1080. The molecule has 0 aliphatic carbocycles. The number of aromatic nitrogens is 2. The molecule has 0 unspecified atom stereocenters. The van der Waals surface area contributed by atoms with Crippen LogP contribution in [0, 0.1) is 6.92 Å². The number of para-hydroxylation sites is 1. The van der Waals surface area contributed by atoms with E-state index in [1.165, 1.54) is 15.8 Å². The fourth-order valence-corrected chi connectivity index (χ4v) is 3.73. The van der Waals surface area contributed by atoms with Crippen LogP contribution in [-0.2, 0) is 11.3 Å². The maximum absolute atomic E-state index is 13.0. The summed E-state index contributed by atoms with van der Waals surface area (Å²) in [6.07, 6.45) is -0.115. The van der Waals surface area contributed by atoms with Gasteiger partial charge in [-0.25, -0.2) is 4.98 Å². The predicted molar refractivity (Wildman–Crippen MR) is 114 cm³/mol. The van der Waals surface area contributed by atoms with Crippen molar-refractivity contribution in [2.75, 3.05) is 36.0 Å². The van der Waals surface area contributed by atoms with Crippen molar-refractivity contribution in [2.45, 2.75) is 19.9 Å². The van der Waals surface area contributed by atoms with E-state index in [1.807, 2.05) is 12.1 Å². The highest BCUT2D eigenvalue weighted by Gasteiger charge is 2.22. The van der Waals surface area contributed by atoms with Gasteiger partial charge in [0.15, 0.2) is 0 Å². The highest BCUT2D eigenvalue weighted by molar-refractivity contribution is 5.78. The first-order chi connectivity index (χ1) is 14.0. The summed E-state index contributed by atoms with van der Waals surface area (Å²) in [6.45, 7) is 5.23. The van der Waals surface area contributed by atoms with Gasteiger partial charge in [0.1, 0.15) is 0 Å². The number of nitrogens with zero attached hydrogens (tertiary/aromatic N) is 4. The summed E-state index contributed by atoms with van der Waals surface area (Å²) in [5, 5.41) is 9.62. The Morgan fingerprint density at radius 2 is 1.66 bits per heavy atom. The van der Waals surface area contributed by atoms with Crippen molar-refractivity contribution >= 4 is 28.5 Å². The van der Waals surface area contributed by atoms with Crippen LogP contribution in [0.5, 0.6) is 0 Å². The Morgan fingerprint density at radius 3 is 2.34 bits per heavy atom. The molecule has 2 heterocycles. The van der Waals surface area contributed by atoms with Crippen molar-refractivity contribution in [1.82, 2.24) is 9.55 Å². The minimum absolute atomic E-state index is 0.111. The van der Waals surface area contributed by atoms with E-state index < -0.39 is 5.97 Å². The average Bonchev–Trinajstić information content (AvgIpc) is 2.73. The number of aryl methyl sites for hydroxylation is 1. The van der Waals surface area contributed by atoms with Crippen molar-refractivity contribution in [1.29, 1.82) is 0 Å². The van der Waals surface area contributed by atoms with Crippen LogP contribution in [0.3, 0.4) is 0 Å². The van der Waals surface area contributed by atoms with Gasteiger partial charge in [0.2, 0.25) is 5.95 Å². The first kappa shape index (κ1) is 19.0. The summed E-state index contributed by atoms with van der Waals surface area (Å²) < 4.78 is 1.51. The van der Waals surface area contributed by atoms with Crippen LogP contribution in [-0.4, -0.2) is 46.8 Å². The number of aliphatic carboxylic acids is 1. The maximum atomic E-state index is 13.0. The van der Waals surface area contributed by atoms with E-state index >= 15 is 0 Å². The van der Waals surface area contributed by atoms with Gasteiger partial charge in [-0.15, -0.1) is 0 Å². The largest absolute Gasteiger partial charge is 0.481 e. The van der Waals surface area contributed by atoms with Crippen LogP contribution in [0.15, 0.2) is 53.3 Å². The molecular formula is C22H24N4O3. The van der Waals surface area contributed by atoms with E-state index in [2.05, 4.69) is 41.0 Å².